The van der Waals surface area contributed by atoms with Crippen molar-refractivity contribution in [2.24, 2.45) is 0 Å². The summed E-state index contributed by atoms with van der Waals surface area (Å²) in [7, 11) is 0. The molecule has 1 heterocycles. The van der Waals surface area contributed by atoms with Crippen LogP contribution in [0, 0.1) is 10.5 Å². The van der Waals surface area contributed by atoms with E-state index in [0.717, 1.165) is 15.7 Å². The lowest BCUT2D eigenvalue weighted by Crippen LogP contribution is -2.07. The summed E-state index contributed by atoms with van der Waals surface area (Å²) in [6, 6.07) is 7.69. The predicted octanol–water partition coefficient (Wildman–Crippen LogP) is 3.51. The molecule has 1 aromatic carbocycles. The fourth-order valence-electron chi connectivity index (χ4n) is 1.44. The average Bonchev–Trinajstić information content (AvgIpc) is 2.22. The molecule has 4 heteroatoms. The van der Waals surface area contributed by atoms with Crippen molar-refractivity contribution in [2.45, 2.75) is 6.92 Å². The molecule has 2 nitrogen and oxygen atoms in total. The van der Waals surface area contributed by atoms with Gasteiger partial charge in [-0.25, -0.2) is 0 Å². The van der Waals surface area contributed by atoms with Crippen LogP contribution in [0.1, 0.15) is 5.56 Å². The minimum atomic E-state index is 0.0675. The highest BCUT2D eigenvalue weighted by molar-refractivity contribution is 14.1. The third kappa shape index (κ3) is 2.38. The Morgan fingerprint density at radius 3 is 2.69 bits per heavy atom. The van der Waals surface area contributed by atoms with Crippen LogP contribution in [0.4, 0.5) is 0 Å². The number of halogens is 2. The Labute approximate surface area is 116 Å². The molecule has 1 aromatic heterocycles. The largest absolute Gasteiger partial charge is 0.322 e. The Kier molecular flexibility index (Phi) is 3.49. The Morgan fingerprint density at radius 1 is 1.31 bits per heavy atom. The molecule has 0 aliphatic carbocycles. The Hall–Kier alpha value is -0.620. The first-order valence-corrected chi connectivity index (χ1v) is 6.59. The van der Waals surface area contributed by atoms with Crippen LogP contribution >= 0.6 is 38.5 Å². The molecule has 0 spiro atoms. The van der Waals surface area contributed by atoms with Gasteiger partial charge in [0, 0.05) is 32.1 Å². The molecule has 0 N–H and O–H groups in total. The van der Waals surface area contributed by atoms with Crippen molar-refractivity contribution < 1.29 is 0 Å². The summed E-state index contributed by atoms with van der Waals surface area (Å²) in [6.45, 7) is 1.82. The number of hydrogen-bond donors (Lipinski definition) is 0. The molecule has 0 aliphatic rings. The van der Waals surface area contributed by atoms with Crippen molar-refractivity contribution in [1.82, 2.24) is 4.57 Å². The van der Waals surface area contributed by atoms with Gasteiger partial charge < -0.3 is 4.57 Å². The number of benzene rings is 1. The second-order valence-electron chi connectivity index (χ2n) is 3.50. The van der Waals surface area contributed by atoms with E-state index < -0.39 is 0 Å². The van der Waals surface area contributed by atoms with Crippen molar-refractivity contribution in [2.75, 3.05) is 0 Å². The zero-order valence-corrected chi connectivity index (χ0v) is 12.3. The summed E-state index contributed by atoms with van der Waals surface area (Å²) in [5.74, 6) is 0. The third-order valence-corrected chi connectivity index (χ3v) is 3.60. The Morgan fingerprint density at radius 2 is 2.06 bits per heavy atom. The maximum Gasteiger partial charge on any atom is 0.184 e. The number of aryl methyl sites for hydroxylation is 1. The van der Waals surface area contributed by atoms with Gasteiger partial charge in [-0.05, 0) is 63.6 Å². The minimum Gasteiger partial charge on any atom is -0.322 e. The van der Waals surface area contributed by atoms with Gasteiger partial charge in [0.05, 0.1) is 5.69 Å². The molecule has 0 aliphatic heterocycles. The molecule has 0 saturated heterocycles. The zero-order chi connectivity index (χ0) is 11.7. The van der Waals surface area contributed by atoms with Crippen LogP contribution in [0.3, 0.4) is 0 Å². The number of rotatable bonds is 1. The highest BCUT2D eigenvalue weighted by Gasteiger charge is 2.02. The summed E-state index contributed by atoms with van der Waals surface area (Å²) < 4.78 is 4.13. The SMILES string of the molecule is Cc1cn(-c2ccc(I)cc2Br)ccc1=O. The van der Waals surface area contributed by atoms with Crippen LogP contribution in [0.25, 0.3) is 5.69 Å². The maximum absolute atomic E-state index is 11.3. The molecule has 0 amide bonds. The zero-order valence-electron chi connectivity index (χ0n) is 8.58. The van der Waals surface area contributed by atoms with E-state index in [9.17, 15) is 4.79 Å². The standard InChI is InChI=1S/C12H9BrINO/c1-8-7-15(5-4-12(8)16)11-3-2-9(14)6-10(11)13/h2-7H,1H3. The Balaban J connectivity index is 2.59. The highest BCUT2D eigenvalue weighted by atomic mass is 127. The second kappa shape index (κ2) is 4.71. The maximum atomic E-state index is 11.3. The van der Waals surface area contributed by atoms with E-state index >= 15 is 0 Å². The number of pyridine rings is 1. The topological polar surface area (TPSA) is 22.0 Å². The van der Waals surface area contributed by atoms with Gasteiger partial charge in [-0.1, -0.05) is 0 Å². The van der Waals surface area contributed by atoms with Crippen molar-refractivity contribution >= 4 is 38.5 Å². The smallest absolute Gasteiger partial charge is 0.184 e. The highest BCUT2D eigenvalue weighted by Crippen LogP contribution is 2.23. The molecule has 0 saturated carbocycles. The first kappa shape index (κ1) is 11.9. The van der Waals surface area contributed by atoms with Gasteiger partial charge >= 0.3 is 0 Å². The molecule has 82 valence electrons. The van der Waals surface area contributed by atoms with Gasteiger partial charge in [0.15, 0.2) is 5.43 Å². The molecule has 0 atom stereocenters. The van der Waals surface area contributed by atoms with Crippen LogP contribution in [0.15, 0.2) is 45.9 Å². The molecule has 0 fully saturated rings. The first-order valence-electron chi connectivity index (χ1n) is 4.72. The molecular formula is C12H9BrINO. The summed E-state index contributed by atoms with van der Waals surface area (Å²) in [5, 5.41) is 0. The van der Waals surface area contributed by atoms with E-state index in [4.69, 9.17) is 0 Å². The lowest BCUT2D eigenvalue weighted by molar-refractivity contribution is 1.01. The number of aromatic nitrogens is 1. The molecule has 0 unspecified atom stereocenters. The molecule has 2 rings (SSSR count). The van der Waals surface area contributed by atoms with Crippen molar-refractivity contribution in [3.63, 3.8) is 0 Å². The van der Waals surface area contributed by atoms with Crippen molar-refractivity contribution in [3.05, 3.63) is 60.5 Å². The molecule has 0 radical (unpaired) electrons. The van der Waals surface area contributed by atoms with Gasteiger partial charge in [0.1, 0.15) is 0 Å². The fourth-order valence-corrected chi connectivity index (χ4v) is 2.94. The summed E-state index contributed by atoms with van der Waals surface area (Å²) in [5.41, 5.74) is 1.84. The fraction of sp³-hybridized carbons (Fsp3) is 0.0833. The number of hydrogen-bond acceptors (Lipinski definition) is 1. The molecule has 2 aromatic rings. The van der Waals surface area contributed by atoms with E-state index in [1.165, 1.54) is 3.57 Å². The molecular weight excluding hydrogens is 381 g/mol. The normalized spacial score (nSPS) is 10.4. The lowest BCUT2D eigenvalue weighted by atomic mass is 10.2. The van der Waals surface area contributed by atoms with E-state index in [0.29, 0.717) is 0 Å². The monoisotopic (exact) mass is 389 g/mol. The number of nitrogens with zero attached hydrogens (tertiary/aromatic N) is 1. The predicted molar refractivity (Wildman–Crippen MR) is 77.2 cm³/mol. The van der Waals surface area contributed by atoms with Crippen molar-refractivity contribution in [3.8, 4) is 5.69 Å². The average molecular weight is 390 g/mol. The van der Waals surface area contributed by atoms with Crippen LogP contribution in [0.5, 0.6) is 0 Å². The molecule has 16 heavy (non-hydrogen) atoms. The minimum absolute atomic E-state index is 0.0675. The van der Waals surface area contributed by atoms with Gasteiger partial charge in [-0.2, -0.15) is 0 Å². The summed E-state index contributed by atoms with van der Waals surface area (Å²) in [6.07, 6.45) is 3.62. The van der Waals surface area contributed by atoms with E-state index in [2.05, 4.69) is 38.5 Å². The van der Waals surface area contributed by atoms with E-state index in [-0.39, 0.29) is 5.43 Å². The summed E-state index contributed by atoms with van der Waals surface area (Å²) >= 11 is 5.79. The lowest BCUT2D eigenvalue weighted by Gasteiger charge is -2.09. The second-order valence-corrected chi connectivity index (χ2v) is 5.60. The summed E-state index contributed by atoms with van der Waals surface area (Å²) in [4.78, 5) is 11.3. The van der Waals surface area contributed by atoms with Gasteiger partial charge in [0.25, 0.3) is 0 Å². The van der Waals surface area contributed by atoms with Crippen LogP contribution in [-0.2, 0) is 0 Å². The molecule has 0 bridgehead atoms. The quantitative estimate of drug-likeness (QED) is 0.684. The third-order valence-electron chi connectivity index (χ3n) is 2.30. The van der Waals surface area contributed by atoms with Gasteiger partial charge in [0.2, 0.25) is 0 Å². The van der Waals surface area contributed by atoms with Gasteiger partial charge in [-0.15, -0.1) is 0 Å². The van der Waals surface area contributed by atoms with Crippen molar-refractivity contribution in [1.29, 1.82) is 0 Å². The van der Waals surface area contributed by atoms with E-state index in [1.54, 1.807) is 12.3 Å². The van der Waals surface area contributed by atoms with Crippen LogP contribution < -0.4 is 5.43 Å². The van der Waals surface area contributed by atoms with Gasteiger partial charge in [-0.3, -0.25) is 4.79 Å². The van der Waals surface area contributed by atoms with Crippen LogP contribution in [-0.4, -0.2) is 4.57 Å². The van der Waals surface area contributed by atoms with E-state index in [1.807, 2.05) is 35.9 Å². The first-order chi connectivity index (χ1) is 7.58. The Bertz CT molecular complexity index is 592. The van der Waals surface area contributed by atoms with Crippen LogP contribution in [0.2, 0.25) is 0 Å².